The molecule has 4 nitrogen and oxygen atoms in total. The Morgan fingerprint density at radius 3 is 2.23 bits per heavy atom. The summed E-state index contributed by atoms with van der Waals surface area (Å²) in [5, 5.41) is 12.3. The van der Waals surface area contributed by atoms with E-state index >= 15 is 0 Å². The van der Waals surface area contributed by atoms with Crippen molar-refractivity contribution in [2.75, 3.05) is 18.0 Å². The van der Waals surface area contributed by atoms with Gasteiger partial charge in [-0.25, -0.2) is 0 Å². The second-order valence-corrected chi connectivity index (χ2v) is 6.51. The van der Waals surface area contributed by atoms with Gasteiger partial charge in [0.25, 0.3) is 0 Å². The summed E-state index contributed by atoms with van der Waals surface area (Å²) in [6.07, 6.45) is 5.23. The Bertz CT molecular complexity index is 462. The minimum Gasteiger partial charge on any atom is -0.480 e. The molecule has 1 aliphatic heterocycles. The van der Waals surface area contributed by atoms with Crippen molar-refractivity contribution in [2.45, 2.75) is 52.1 Å². The number of carboxylic acids is 1. The van der Waals surface area contributed by atoms with Gasteiger partial charge in [0.05, 0.1) is 0 Å². The van der Waals surface area contributed by atoms with Crippen molar-refractivity contribution in [2.24, 2.45) is 5.92 Å². The Hall–Kier alpha value is -1.55. The number of nitrogens with zero attached hydrogens (tertiary/aromatic N) is 1. The van der Waals surface area contributed by atoms with Crippen molar-refractivity contribution in [1.82, 2.24) is 5.32 Å². The van der Waals surface area contributed by atoms with Crippen LogP contribution in [0.15, 0.2) is 24.3 Å². The molecule has 4 heteroatoms. The van der Waals surface area contributed by atoms with Crippen molar-refractivity contribution >= 4 is 11.7 Å². The number of carbonyl (C=O) groups is 1. The van der Waals surface area contributed by atoms with Crippen LogP contribution in [-0.2, 0) is 11.3 Å². The summed E-state index contributed by atoms with van der Waals surface area (Å²) in [5.41, 5.74) is 2.41. The molecule has 0 unspecified atom stereocenters. The Labute approximate surface area is 133 Å². The van der Waals surface area contributed by atoms with E-state index in [0.29, 0.717) is 6.54 Å². The average Bonchev–Trinajstić information content (AvgIpc) is 2.76. The lowest BCUT2D eigenvalue weighted by Crippen LogP contribution is -2.40. The van der Waals surface area contributed by atoms with Gasteiger partial charge in [0.1, 0.15) is 6.04 Å². The molecule has 0 aliphatic carbocycles. The monoisotopic (exact) mass is 304 g/mol. The zero-order valence-electron chi connectivity index (χ0n) is 13.7. The number of anilines is 1. The molecular weight excluding hydrogens is 276 g/mol. The molecule has 22 heavy (non-hydrogen) atoms. The van der Waals surface area contributed by atoms with Crippen LogP contribution in [0.3, 0.4) is 0 Å². The summed E-state index contributed by atoms with van der Waals surface area (Å²) >= 11 is 0. The Balaban J connectivity index is 1.92. The molecule has 0 spiro atoms. The molecule has 1 saturated heterocycles. The van der Waals surface area contributed by atoms with Crippen molar-refractivity contribution in [1.29, 1.82) is 0 Å². The molecule has 1 heterocycles. The van der Waals surface area contributed by atoms with E-state index in [9.17, 15) is 9.90 Å². The summed E-state index contributed by atoms with van der Waals surface area (Å²) in [6.45, 7) is 6.73. The minimum absolute atomic E-state index is 0.0777. The highest BCUT2D eigenvalue weighted by Gasteiger charge is 2.20. The van der Waals surface area contributed by atoms with Crippen molar-refractivity contribution in [3.05, 3.63) is 29.8 Å². The van der Waals surface area contributed by atoms with Gasteiger partial charge in [0.2, 0.25) is 0 Å². The van der Waals surface area contributed by atoms with Crippen LogP contribution in [-0.4, -0.2) is 30.2 Å². The van der Waals surface area contributed by atoms with Gasteiger partial charge in [-0.15, -0.1) is 0 Å². The van der Waals surface area contributed by atoms with Gasteiger partial charge in [-0.3, -0.25) is 4.79 Å². The number of aliphatic carboxylic acids is 1. The molecular formula is C18H28N2O2. The van der Waals surface area contributed by atoms with Gasteiger partial charge in [-0.2, -0.15) is 0 Å². The fourth-order valence-corrected chi connectivity index (χ4v) is 2.99. The molecule has 1 fully saturated rings. The Morgan fingerprint density at radius 1 is 1.14 bits per heavy atom. The Morgan fingerprint density at radius 2 is 1.73 bits per heavy atom. The quantitative estimate of drug-likeness (QED) is 0.847. The summed E-state index contributed by atoms with van der Waals surface area (Å²) in [5.74, 6) is -0.704. The lowest BCUT2D eigenvalue weighted by atomic mass is 10.0. The first-order valence-corrected chi connectivity index (χ1v) is 8.38. The largest absolute Gasteiger partial charge is 0.480 e. The lowest BCUT2D eigenvalue weighted by Gasteiger charge is -2.23. The number of carboxylic acid groups (broad SMARTS) is 1. The topological polar surface area (TPSA) is 52.6 Å². The van der Waals surface area contributed by atoms with E-state index in [0.717, 1.165) is 18.7 Å². The molecule has 2 rings (SSSR count). The van der Waals surface area contributed by atoms with Crippen LogP contribution in [0, 0.1) is 5.92 Å². The SMILES string of the molecule is CC(C)[C@@H](NCc1ccc(N2CCCCCC2)cc1)C(=O)O. The average molecular weight is 304 g/mol. The van der Waals surface area contributed by atoms with E-state index < -0.39 is 12.0 Å². The van der Waals surface area contributed by atoms with E-state index in [1.165, 1.54) is 31.4 Å². The maximum absolute atomic E-state index is 11.2. The zero-order chi connectivity index (χ0) is 15.9. The van der Waals surface area contributed by atoms with Gasteiger partial charge in [0.15, 0.2) is 0 Å². The minimum atomic E-state index is -0.781. The van der Waals surface area contributed by atoms with Gasteiger partial charge in [0, 0.05) is 25.3 Å². The molecule has 0 aromatic heterocycles. The standard InChI is InChI=1S/C18H28N2O2/c1-14(2)17(18(21)22)19-13-15-7-9-16(10-8-15)20-11-5-3-4-6-12-20/h7-10,14,17,19H,3-6,11-13H2,1-2H3,(H,21,22)/t17-/m1/s1. The molecule has 1 aromatic carbocycles. The normalized spacial score (nSPS) is 17.3. The molecule has 0 amide bonds. The van der Waals surface area contributed by atoms with Crippen LogP contribution in [0.4, 0.5) is 5.69 Å². The predicted molar refractivity (Wildman–Crippen MR) is 90.2 cm³/mol. The van der Waals surface area contributed by atoms with E-state index in [2.05, 4.69) is 34.5 Å². The number of nitrogens with one attached hydrogen (secondary N) is 1. The van der Waals surface area contributed by atoms with E-state index in [-0.39, 0.29) is 5.92 Å². The van der Waals surface area contributed by atoms with Crippen LogP contribution in [0.5, 0.6) is 0 Å². The second-order valence-electron chi connectivity index (χ2n) is 6.51. The molecule has 0 radical (unpaired) electrons. The fraction of sp³-hybridized carbons (Fsp3) is 0.611. The predicted octanol–water partition coefficient (Wildman–Crippen LogP) is 3.27. The van der Waals surface area contributed by atoms with Crippen molar-refractivity contribution in [3.63, 3.8) is 0 Å². The summed E-state index contributed by atoms with van der Waals surface area (Å²) in [4.78, 5) is 13.6. The maximum atomic E-state index is 11.2. The first-order valence-electron chi connectivity index (χ1n) is 8.38. The first kappa shape index (κ1) is 16.8. The van der Waals surface area contributed by atoms with Crippen molar-refractivity contribution in [3.8, 4) is 0 Å². The highest BCUT2D eigenvalue weighted by molar-refractivity contribution is 5.73. The Kier molecular flexibility index (Phi) is 6.25. The first-order chi connectivity index (χ1) is 10.6. The van der Waals surface area contributed by atoms with E-state index in [4.69, 9.17) is 0 Å². The molecule has 1 atom stereocenters. The number of hydrogen-bond acceptors (Lipinski definition) is 3. The van der Waals surface area contributed by atoms with Gasteiger partial charge in [-0.05, 0) is 36.5 Å². The molecule has 1 aliphatic rings. The van der Waals surface area contributed by atoms with Gasteiger partial charge in [-0.1, -0.05) is 38.8 Å². The third-order valence-corrected chi connectivity index (χ3v) is 4.37. The third kappa shape index (κ3) is 4.73. The number of benzene rings is 1. The molecule has 0 saturated carbocycles. The molecule has 2 N–H and O–H groups in total. The van der Waals surface area contributed by atoms with Crippen molar-refractivity contribution < 1.29 is 9.90 Å². The van der Waals surface area contributed by atoms with Crippen LogP contribution in [0.1, 0.15) is 45.1 Å². The highest BCUT2D eigenvalue weighted by atomic mass is 16.4. The summed E-state index contributed by atoms with van der Waals surface area (Å²) in [7, 11) is 0. The third-order valence-electron chi connectivity index (χ3n) is 4.37. The van der Waals surface area contributed by atoms with Gasteiger partial charge < -0.3 is 15.3 Å². The van der Waals surface area contributed by atoms with E-state index in [1.807, 2.05) is 13.8 Å². The number of rotatable bonds is 6. The zero-order valence-corrected chi connectivity index (χ0v) is 13.7. The fourth-order valence-electron chi connectivity index (χ4n) is 2.99. The van der Waals surface area contributed by atoms with Crippen LogP contribution < -0.4 is 10.2 Å². The highest BCUT2D eigenvalue weighted by Crippen LogP contribution is 2.20. The van der Waals surface area contributed by atoms with Crippen LogP contribution >= 0.6 is 0 Å². The van der Waals surface area contributed by atoms with Crippen LogP contribution in [0.2, 0.25) is 0 Å². The smallest absolute Gasteiger partial charge is 0.320 e. The number of hydrogen-bond donors (Lipinski definition) is 2. The molecule has 122 valence electrons. The van der Waals surface area contributed by atoms with Crippen LogP contribution in [0.25, 0.3) is 0 Å². The lowest BCUT2D eigenvalue weighted by molar-refractivity contribution is -0.140. The maximum Gasteiger partial charge on any atom is 0.320 e. The summed E-state index contributed by atoms with van der Waals surface area (Å²) in [6, 6.07) is 8.03. The van der Waals surface area contributed by atoms with E-state index in [1.54, 1.807) is 0 Å². The second kappa shape index (κ2) is 8.18. The summed E-state index contributed by atoms with van der Waals surface area (Å²) < 4.78 is 0. The van der Waals surface area contributed by atoms with Gasteiger partial charge >= 0.3 is 5.97 Å². The molecule has 0 bridgehead atoms. The molecule has 1 aromatic rings.